The summed E-state index contributed by atoms with van der Waals surface area (Å²) in [6, 6.07) is 34.7. The minimum atomic E-state index is 1.01. The Morgan fingerprint density at radius 1 is 0.636 bits per heavy atom. The molecule has 0 aliphatic carbocycles. The van der Waals surface area contributed by atoms with Crippen LogP contribution in [0.2, 0.25) is 0 Å². The van der Waals surface area contributed by atoms with E-state index in [1.807, 2.05) is 0 Å². The van der Waals surface area contributed by atoms with Gasteiger partial charge in [0.1, 0.15) is 5.65 Å². The molecule has 2 heteroatoms. The lowest BCUT2D eigenvalue weighted by atomic mass is 9.97. The summed E-state index contributed by atoms with van der Waals surface area (Å²) in [7, 11) is 0. The normalized spacial score (nSPS) is 11.8. The lowest BCUT2D eigenvalue weighted by molar-refractivity contribution is 1.23. The number of pyridine rings is 1. The molecule has 0 atom stereocenters. The molecule has 6 aromatic rings. The molecule has 0 saturated heterocycles. The minimum absolute atomic E-state index is 1.01. The third kappa shape index (κ3) is 3.15. The van der Waals surface area contributed by atoms with Gasteiger partial charge in [0.15, 0.2) is 0 Å². The Labute approximate surface area is 193 Å². The zero-order valence-corrected chi connectivity index (χ0v) is 18.8. The molecule has 2 nitrogen and oxygen atoms in total. The highest BCUT2D eigenvalue weighted by Crippen LogP contribution is 2.36. The number of aromatic nitrogens is 2. The number of benzene rings is 4. The molecule has 0 spiro atoms. The first-order valence-corrected chi connectivity index (χ1v) is 11.4. The summed E-state index contributed by atoms with van der Waals surface area (Å²) in [5.74, 6) is 0. The van der Waals surface area contributed by atoms with Crippen molar-refractivity contribution in [2.45, 2.75) is 13.8 Å². The van der Waals surface area contributed by atoms with Gasteiger partial charge in [-0.05, 0) is 71.8 Å². The number of allylic oxidation sites excluding steroid dienone is 1. The molecule has 0 unspecified atom stereocenters. The van der Waals surface area contributed by atoms with Crippen LogP contribution in [0.5, 0.6) is 0 Å². The van der Waals surface area contributed by atoms with Gasteiger partial charge in [-0.2, -0.15) is 0 Å². The molecule has 2 heterocycles. The maximum absolute atomic E-state index is 5.00. The smallest absolute Gasteiger partial charge is 0.145 e. The largest absolute Gasteiger partial charge is 0.292 e. The number of hydrogen-bond acceptors (Lipinski definition) is 1. The fraction of sp³-hybridized carbons (Fsp3) is 0.0645. The second-order valence-electron chi connectivity index (χ2n) is 8.47. The van der Waals surface area contributed by atoms with Gasteiger partial charge in [0.2, 0.25) is 0 Å². The van der Waals surface area contributed by atoms with E-state index in [-0.39, 0.29) is 0 Å². The monoisotopic (exact) mass is 424 g/mol. The average Bonchev–Trinajstić information content (AvgIpc) is 3.21. The highest BCUT2D eigenvalue weighted by atomic mass is 15.0. The van der Waals surface area contributed by atoms with Crippen molar-refractivity contribution in [3.05, 3.63) is 115 Å². The summed E-state index contributed by atoms with van der Waals surface area (Å²) < 4.78 is 2.31. The van der Waals surface area contributed by atoms with Crippen LogP contribution in [-0.2, 0) is 0 Å². The quantitative estimate of drug-likeness (QED) is 0.261. The molecule has 0 aliphatic heterocycles. The van der Waals surface area contributed by atoms with Crippen molar-refractivity contribution in [1.29, 1.82) is 0 Å². The zero-order chi connectivity index (χ0) is 22.4. The molecule has 4 aromatic carbocycles. The van der Waals surface area contributed by atoms with E-state index in [0.29, 0.717) is 0 Å². The molecule has 0 radical (unpaired) electrons. The highest BCUT2D eigenvalue weighted by molar-refractivity contribution is 6.14. The number of rotatable bonds is 3. The Kier molecular flexibility index (Phi) is 4.58. The standard InChI is InChI=1S/C31H24N2/c1-3-10-29-21(2)32-31-26-17-15-24(22-11-6-4-7-12-22)19-27(26)28-20-25(16-18-30(28)33(29)31)23-13-8-5-9-14-23/h3-20H,1-2H3/b10-3-. The first-order valence-electron chi connectivity index (χ1n) is 11.4. The van der Waals surface area contributed by atoms with E-state index >= 15 is 0 Å². The minimum Gasteiger partial charge on any atom is -0.292 e. The van der Waals surface area contributed by atoms with Gasteiger partial charge in [0, 0.05) is 10.8 Å². The van der Waals surface area contributed by atoms with E-state index in [1.165, 1.54) is 43.9 Å². The van der Waals surface area contributed by atoms with Gasteiger partial charge in [0.25, 0.3) is 0 Å². The lowest BCUT2D eigenvalue weighted by Crippen LogP contribution is -1.95. The van der Waals surface area contributed by atoms with Gasteiger partial charge in [-0.3, -0.25) is 4.40 Å². The van der Waals surface area contributed by atoms with Gasteiger partial charge < -0.3 is 0 Å². The van der Waals surface area contributed by atoms with Crippen molar-refractivity contribution < 1.29 is 0 Å². The van der Waals surface area contributed by atoms with E-state index in [2.05, 4.69) is 127 Å². The van der Waals surface area contributed by atoms with Crippen molar-refractivity contribution in [2.75, 3.05) is 0 Å². The van der Waals surface area contributed by atoms with Crippen molar-refractivity contribution in [1.82, 2.24) is 9.38 Å². The molecular formula is C31H24N2. The molecule has 6 rings (SSSR count). The molecule has 2 aromatic heterocycles. The maximum atomic E-state index is 5.00. The molecule has 0 aliphatic rings. The van der Waals surface area contributed by atoms with Gasteiger partial charge >= 0.3 is 0 Å². The molecule has 0 saturated carbocycles. The summed E-state index contributed by atoms with van der Waals surface area (Å²) in [6.45, 7) is 4.15. The predicted molar refractivity (Wildman–Crippen MR) is 141 cm³/mol. The van der Waals surface area contributed by atoms with E-state index in [1.54, 1.807) is 0 Å². The Hall–Kier alpha value is -4.17. The van der Waals surface area contributed by atoms with Gasteiger partial charge in [-0.25, -0.2) is 4.98 Å². The SMILES string of the molecule is C/C=C\c1c(C)nc2c3ccc(-c4ccccc4)cc3c3cc(-c4ccccc4)ccc3n12. The zero-order valence-electron chi connectivity index (χ0n) is 18.8. The average molecular weight is 425 g/mol. The third-order valence-electron chi connectivity index (χ3n) is 6.42. The molecule has 0 amide bonds. The topological polar surface area (TPSA) is 17.3 Å². The summed E-state index contributed by atoms with van der Waals surface area (Å²) in [4.78, 5) is 5.00. The summed E-state index contributed by atoms with van der Waals surface area (Å²) in [6.07, 6.45) is 4.24. The van der Waals surface area contributed by atoms with Gasteiger partial charge in [0.05, 0.1) is 16.9 Å². The first-order chi connectivity index (χ1) is 16.2. The number of imidazole rings is 1. The fourth-order valence-electron chi connectivity index (χ4n) is 4.85. The van der Waals surface area contributed by atoms with Crippen molar-refractivity contribution >= 4 is 33.4 Å². The van der Waals surface area contributed by atoms with E-state index in [9.17, 15) is 0 Å². The third-order valence-corrected chi connectivity index (χ3v) is 6.42. The second kappa shape index (κ2) is 7.75. The molecule has 33 heavy (non-hydrogen) atoms. The van der Waals surface area contributed by atoms with Gasteiger partial charge in [-0.1, -0.05) is 78.9 Å². The second-order valence-corrected chi connectivity index (χ2v) is 8.47. The number of nitrogens with zero attached hydrogens (tertiary/aromatic N) is 2. The maximum Gasteiger partial charge on any atom is 0.145 e. The highest BCUT2D eigenvalue weighted by Gasteiger charge is 2.16. The number of aryl methyl sites for hydroxylation is 1. The Balaban J connectivity index is 1.76. The molecule has 0 fully saturated rings. The summed E-state index contributed by atoms with van der Waals surface area (Å²) in [5.41, 5.74) is 9.25. The van der Waals surface area contributed by atoms with Crippen molar-refractivity contribution in [2.24, 2.45) is 0 Å². The van der Waals surface area contributed by atoms with Crippen molar-refractivity contribution in [3.8, 4) is 22.3 Å². The van der Waals surface area contributed by atoms with Crippen LogP contribution in [-0.4, -0.2) is 9.38 Å². The first kappa shape index (κ1) is 19.5. The van der Waals surface area contributed by atoms with Crippen LogP contribution in [0, 0.1) is 6.92 Å². The van der Waals surface area contributed by atoms with E-state index < -0.39 is 0 Å². The van der Waals surface area contributed by atoms with E-state index in [4.69, 9.17) is 4.98 Å². The van der Waals surface area contributed by atoms with Crippen LogP contribution >= 0.6 is 0 Å². The Morgan fingerprint density at radius 2 is 1.24 bits per heavy atom. The van der Waals surface area contributed by atoms with Crippen LogP contribution in [0.1, 0.15) is 18.3 Å². The number of hydrogen-bond donors (Lipinski definition) is 0. The molecule has 0 N–H and O–H groups in total. The molecule has 0 bridgehead atoms. The Morgan fingerprint density at radius 3 is 1.88 bits per heavy atom. The van der Waals surface area contributed by atoms with Crippen LogP contribution in [0.25, 0.3) is 55.7 Å². The van der Waals surface area contributed by atoms with Crippen molar-refractivity contribution in [3.63, 3.8) is 0 Å². The molecular weight excluding hydrogens is 400 g/mol. The summed E-state index contributed by atoms with van der Waals surface area (Å²) in [5, 5.41) is 3.64. The predicted octanol–water partition coefficient (Wildman–Crippen LogP) is 8.32. The van der Waals surface area contributed by atoms with Crippen LogP contribution < -0.4 is 0 Å². The van der Waals surface area contributed by atoms with Crippen LogP contribution in [0.3, 0.4) is 0 Å². The number of fused-ring (bicyclic) bond motifs is 6. The van der Waals surface area contributed by atoms with Crippen LogP contribution in [0.15, 0.2) is 103 Å². The lowest BCUT2D eigenvalue weighted by Gasteiger charge is -2.13. The summed E-state index contributed by atoms with van der Waals surface area (Å²) >= 11 is 0. The Bertz CT molecular complexity index is 1660. The fourth-order valence-corrected chi connectivity index (χ4v) is 4.85. The van der Waals surface area contributed by atoms with Crippen LogP contribution in [0.4, 0.5) is 0 Å². The van der Waals surface area contributed by atoms with E-state index in [0.717, 1.165) is 17.0 Å². The van der Waals surface area contributed by atoms with Gasteiger partial charge in [-0.15, -0.1) is 0 Å². The molecule has 158 valence electrons.